The Balaban J connectivity index is 2.17. The van der Waals surface area contributed by atoms with Gasteiger partial charge in [0.1, 0.15) is 0 Å². The Morgan fingerprint density at radius 2 is 1.80 bits per heavy atom. The fourth-order valence-electron chi connectivity index (χ4n) is 1.55. The van der Waals surface area contributed by atoms with Gasteiger partial charge < -0.3 is 0 Å². The van der Waals surface area contributed by atoms with Crippen LogP contribution in [0.25, 0.3) is 0 Å². The molecule has 0 saturated carbocycles. The third kappa shape index (κ3) is 3.62. The van der Waals surface area contributed by atoms with Gasteiger partial charge in [0.05, 0.1) is 4.90 Å². The minimum atomic E-state index is -3.88. The van der Waals surface area contributed by atoms with Gasteiger partial charge in [0.15, 0.2) is 11.6 Å². The molecule has 106 valence electrons. The van der Waals surface area contributed by atoms with Crippen LogP contribution in [-0.4, -0.2) is 8.42 Å². The highest BCUT2D eigenvalue weighted by Gasteiger charge is 2.16. The first-order chi connectivity index (χ1) is 9.38. The molecule has 20 heavy (non-hydrogen) atoms. The number of benzene rings is 2. The van der Waals surface area contributed by atoms with Gasteiger partial charge in [-0.1, -0.05) is 28.1 Å². The highest BCUT2D eigenvalue weighted by molar-refractivity contribution is 9.10. The smallest absolute Gasteiger partial charge is 0.207 e. The van der Waals surface area contributed by atoms with E-state index in [1.807, 2.05) is 6.07 Å². The van der Waals surface area contributed by atoms with Crippen LogP contribution in [0.5, 0.6) is 0 Å². The van der Waals surface area contributed by atoms with E-state index >= 15 is 0 Å². The minimum Gasteiger partial charge on any atom is -0.207 e. The normalized spacial score (nSPS) is 11.6. The maximum Gasteiger partial charge on any atom is 0.240 e. The molecule has 3 nitrogen and oxygen atoms in total. The Hall–Kier alpha value is -1.31. The van der Waals surface area contributed by atoms with Crippen LogP contribution in [0.15, 0.2) is 51.8 Å². The molecule has 0 atom stereocenters. The summed E-state index contributed by atoms with van der Waals surface area (Å²) in [7, 11) is -3.88. The van der Waals surface area contributed by atoms with E-state index in [4.69, 9.17) is 0 Å². The molecule has 0 aromatic heterocycles. The maximum absolute atomic E-state index is 13.1. The van der Waals surface area contributed by atoms with Crippen LogP contribution in [0.4, 0.5) is 8.78 Å². The Morgan fingerprint density at radius 1 is 1.05 bits per heavy atom. The molecule has 1 N–H and O–H groups in total. The SMILES string of the molecule is O=S(=O)(NCc1cccc(Br)c1)c1ccc(F)c(F)c1. The molecule has 0 amide bonds. The van der Waals surface area contributed by atoms with E-state index in [9.17, 15) is 17.2 Å². The van der Waals surface area contributed by atoms with Crippen molar-refractivity contribution in [1.82, 2.24) is 4.72 Å². The Labute approximate surface area is 123 Å². The molecule has 0 unspecified atom stereocenters. The summed E-state index contributed by atoms with van der Waals surface area (Å²) in [4.78, 5) is -0.314. The predicted octanol–water partition coefficient (Wildman–Crippen LogP) is 3.21. The summed E-state index contributed by atoms with van der Waals surface area (Å²) in [6.45, 7) is 0.0563. The van der Waals surface area contributed by atoms with E-state index in [0.29, 0.717) is 6.07 Å². The molecular weight excluding hydrogens is 352 g/mol. The van der Waals surface area contributed by atoms with Gasteiger partial charge in [-0.25, -0.2) is 21.9 Å². The highest BCUT2D eigenvalue weighted by atomic mass is 79.9. The molecule has 7 heteroatoms. The second-order valence-electron chi connectivity index (χ2n) is 4.03. The molecule has 0 radical (unpaired) electrons. The number of halogens is 3. The monoisotopic (exact) mass is 361 g/mol. The zero-order valence-corrected chi connectivity index (χ0v) is 12.5. The standard InChI is InChI=1S/C13H10BrF2NO2S/c14-10-3-1-2-9(6-10)8-17-20(18,19)11-4-5-12(15)13(16)7-11/h1-7,17H,8H2. The number of nitrogens with one attached hydrogen (secondary N) is 1. The van der Waals surface area contributed by atoms with Crippen LogP contribution < -0.4 is 4.72 Å². The van der Waals surface area contributed by atoms with Crippen LogP contribution in [0.2, 0.25) is 0 Å². The van der Waals surface area contributed by atoms with E-state index < -0.39 is 21.7 Å². The molecule has 0 aliphatic rings. The first-order valence-corrected chi connectivity index (χ1v) is 7.85. The van der Waals surface area contributed by atoms with Gasteiger partial charge in [0, 0.05) is 11.0 Å². The highest BCUT2D eigenvalue weighted by Crippen LogP contribution is 2.15. The van der Waals surface area contributed by atoms with Crippen molar-refractivity contribution in [2.24, 2.45) is 0 Å². The summed E-state index contributed by atoms with van der Waals surface area (Å²) >= 11 is 3.28. The molecule has 0 spiro atoms. The molecule has 2 aromatic rings. The Morgan fingerprint density at radius 3 is 2.45 bits per heavy atom. The lowest BCUT2D eigenvalue weighted by atomic mass is 10.2. The lowest BCUT2D eigenvalue weighted by Gasteiger charge is -2.07. The van der Waals surface area contributed by atoms with Gasteiger partial charge in [-0.3, -0.25) is 0 Å². The fourth-order valence-corrected chi connectivity index (χ4v) is 3.03. The van der Waals surface area contributed by atoms with Crippen LogP contribution in [0.1, 0.15) is 5.56 Å². The fraction of sp³-hybridized carbons (Fsp3) is 0.0769. The summed E-state index contributed by atoms with van der Waals surface area (Å²) < 4.78 is 52.9. The van der Waals surface area contributed by atoms with Crippen LogP contribution in [-0.2, 0) is 16.6 Å². The molecule has 0 heterocycles. The zero-order valence-electron chi connectivity index (χ0n) is 10.1. The van der Waals surface area contributed by atoms with Crippen LogP contribution >= 0.6 is 15.9 Å². The lowest BCUT2D eigenvalue weighted by molar-refractivity contribution is 0.504. The van der Waals surface area contributed by atoms with Crippen molar-refractivity contribution < 1.29 is 17.2 Å². The second-order valence-corrected chi connectivity index (χ2v) is 6.71. The van der Waals surface area contributed by atoms with Gasteiger partial charge in [0.2, 0.25) is 10.0 Å². The summed E-state index contributed by atoms with van der Waals surface area (Å²) in [6.07, 6.45) is 0. The lowest BCUT2D eigenvalue weighted by Crippen LogP contribution is -2.23. The van der Waals surface area contributed by atoms with Gasteiger partial charge in [-0.15, -0.1) is 0 Å². The molecule has 0 aliphatic carbocycles. The van der Waals surface area contributed by atoms with E-state index in [0.717, 1.165) is 22.2 Å². The molecular formula is C13H10BrF2NO2S. The predicted molar refractivity (Wildman–Crippen MR) is 74.5 cm³/mol. The van der Waals surface area contributed by atoms with Gasteiger partial charge in [0.25, 0.3) is 0 Å². The molecule has 0 aliphatic heterocycles. The van der Waals surface area contributed by atoms with E-state index in [1.54, 1.807) is 18.2 Å². The third-order valence-electron chi connectivity index (χ3n) is 2.56. The first-order valence-electron chi connectivity index (χ1n) is 5.58. The third-order valence-corrected chi connectivity index (χ3v) is 4.45. The molecule has 0 fully saturated rings. The van der Waals surface area contributed by atoms with Crippen LogP contribution in [0, 0.1) is 11.6 Å². The van der Waals surface area contributed by atoms with Crippen molar-refractivity contribution in [1.29, 1.82) is 0 Å². The second kappa shape index (κ2) is 5.99. The van der Waals surface area contributed by atoms with Crippen molar-refractivity contribution in [3.8, 4) is 0 Å². The summed E-state index contributed by atoms with van der Waals surface area (Å²) in [6, 6.07) is 9.54. The van der Waals surface area contributed by atoms with Crippen molar-refractivity contribution in [2.45, 2.75) is 11.4 Å². The number of hydrogen-bond donors (Lipinski definition) is 1. The van der Waals surface area contributed by atoms with Crippen molar-refractivity contribution in [3.05, 3.63) is 64.1 Å². The van der Waals surface area contributed by atoms with Crippen LogP contribution in [0.3, 0.4) is 0 Å². The zero-order chi connectivity index (χ0) is 14.8. The summed E-state index contributed by atoms with van der Waals surface area (Å²) in [5.74, 6) is -2.29. The quantitative estimate of drug-likeness (QED) is 0.908. The van der Waals surface area contributed by atoms with E-state index in [2.05, 4.69) is 20.7 Å². The number of hydrogen-bond acceptors (Lipinski definition) is 2. The van der Waals surface area contributed by atoms with Gasteiger partial charge in [-0.05, 0) is 35.9 Å². The van der Waals surface area contributed by atoms with E-state index in [1.165, 1.54) is 0 Å². The minimum absolute atomic E-state index is 0.0563. The van der Waals surface area contributed by atoms with E-state index in [-0.39, 0.29) is 11.4 Å². The van der Waals surface area contributed by atoms with Gasteiger partial charge >= 0.3 is 0 Å². The van der Waals surface area contributed by atoms with Crippen molar-refractivity contribution in [2.75, 3.05) is 0 Å². The largest absolute Gasteiger partial charge is 0.240 e. The van der Waals surface area contributed by atoms with Crippen molar-refractivity contribution >= 4 is 26.0 Å². The Kier molecular flexibility index (Phi) is 4.52. The number of rotatable bonds is 4. The Bertz CT molecular complexity index is 735. The number of sulfonamides is 1. The summed E-state index contributed by atoms with van der Waals surface area (Å²) in [5, 5.41) is 0. The summed E-state index contributed by atoms with van der Waals surface area (Å²) in [5.41, 5.74) is 0.741. The molecule has 2 aromatic carbocycles. The average molecular weight is 362 g/mol. The topological polar surface area (TPSA) is 46.2 Å². The molecule has 2 rings (SSSR count). The molecule has 0 saturated heterocycles. The van der Waals surface area contributed by atoms with Gasteiger partial charge in [-0.2, -0.15) is 0 Å². The average Bonchev–Trinajstić information content (AvgIpc) is 2.40. The van der Waals surface area contributed by atoms with Crippen molar-refractivity contribution in [3.63, 3.8) is 0 Å². The molecule has 0 bridgehead atoms. The first kappa shape index (κ1) is 15.1. The maximum atomic E-state index is 13.1.